The normalized spacial score (nSPS) is 23.7. The maximum absolute atomic E-state index is 3.58. The van der Waals surface area contributed by atoms with Crippen molar-refractivity contribution in [2.75, 3.05) is 11.9 Å². The maximum atomic E-state index is 3.58. The van der Waals surface area contributed by atoms with Crippen LogP contribution in [0, 0.1) is 0 Å². The quantitative estimate of drug-likeness (QED) is 0.906. The summed E-state index contributed by atoms with van der Waals surface area (Å²) in [4.78, 5) is 2.62. The first-order valence-corrected chi connectivity index (χ1v) is 7.68. The van der Waals surface area contributed by atoms with Crippen LogP contribution < -0.4 is 10.2 Å². The van der Waals surface area contributed by atoms with Gasteiger partial charge < -0.3 is 10.2 Å². The first-order valence-electron chi connectivity index (χ1n) is 6.88. The van der Waals surface area contributed by atoms with Gasteiger partial charge in [0, 0.05) is 28.8 Å². The summed E-state index contributed by atoms with van der Waals surface area (Å²) in [5.74, 6) is 0. The third kappa shape index (κ3) is 2.72. The third-order valence-corrected chi connectivity index (χ3v) is 4.44. The molecule has 1 heterocycles. The van der Waals surface area contributed by atoms with E-state index in [1.807, 2.05) is 7.05 Å². The molecule has 0 spiro atoms. The molecular weight excluding hydrogens is 288 g/mol. The van der Waals surface area contributed by atoms with E-state index >= 15 is 0 Å². The van der Waals surface area contributed by atoms with Crippen LogP contribution in [0.4, 0.5) is 5.69 Å². The highest BCUT2D eigenvalue weighted by atomic mass is 79.9. The van der Waals surface area contributed by atoms with E-state index in [1.165, 1.54) is 30.5 Å². The Kier molecular flexibility index (Phi) is 4.68. The Labute approximate surface area is 119 Å². The molecule has 0 saturated carbocycles. The number of hydrogen-bond donors (Lipinski definition) is 1. The van der Waals surface area contributed by atoms with Gasteiger partial charge in [-0.25, -0.2) is 0 Å². The van der Waals surface area contributed by atoms with Crippen LogP contribution in [0.25, 0.3) is 0 Å². The van der Waals surface area contributed by atoms with Crippen LogP contribution in [-0.2, 0) is 6.54 Å². The minimum Gasteiger partial charge on any atom is -0.366 e. The standard InChI is InChI=1S/C15H23BrN2/c1-4-14-7-5-11(2)18(14)15-8-6-13(16)9-12(15)10-17-3/h6,8-9,11,14,17H,4-5,7,10H2,1-3H3. The average molecular weight is 311 g/mol. The summed E-state index contributed by atoms with van der Waals surface area (Å²) in [6, 6.07) is 8.03. The van der Waals surface area contributed by atoms with Crippen molar-refractivity contribution in [2.45, 2.75) is 51.7 Å². The van der Waals surface area contributed by atoms with Crippen LogP contribution in [0.1, 0.15) is 38.7 Å². The molecule has 1 aliphatic rings. The van der Waals surface area contributed by atoms with E-state index < -0.39 is 0 Å². The highest BCUT2D eigenvalue weighted by molar-refractivity contribution is 9.10. The lowest BCUT2D eigenvalue weighted by atomic mass is 10.1. The summed E-state index contributed by atoms with van der Waals surface area (Å²) in [6.45, 7) is 5.57. The van der Waals surface area contributed by atoms with Crippen molar-refractivity contribution < 1.29 is 0 Å². The van der Waals surface area contributed by atoms with Gasteiger partial charge in [0.05, 0.1) is 0 Å². The van der Waals surface area contributed by atoms with Crippen LogP contribution in [0.15, 0.2) is 22.7 Å². The molecule has 2 atom stereocenters. The molecule has 1 fully saturated rings. The molecule has 18 heavy (non-hydrogen) atoms. The van der Waals surface area contributed by atoms with Gasteiger partial charge in [-0.05, 0) is 57.0 Å². The van der Waals surface area contributed by atoms with Crippen LogP contribution in [0.2, 0.25) is 0 Å². The lowest BCUT2D eigenvalue weighted by molar-refractivity contribution is 0.623. The molecule has 0 amide bonds. The molecule has 2 unspecified atom stereocenters. The van der Waals surface area contributed by atoms with Crippen LogP contribution in [-0.4, -0.2) is 19.1 Å². The first kappa shape index (κ1) is 13.9. The summed E-state index contributed by atoms with van der Waals surface area (Å²) in [6.07, 6.45) is 3.87. The fourth-order valence-corrected chi connectivity index (χ4v) is 3.45. The second kappa shape index (κ2) is 6.07. The van der Waals surface area contributed by atoms with Gasteiger partial charge in [0.1, 0.15) is 0 Å². The van der Waals surface area contributed by atoms with Gasteiger partial charge in [0.2, 0.25) is 0 Å². The van der Waals surface area contributed by atoms with Crippen molar-refractivity contribution in [3.8, 4) is 0 Å². The Bertz CT molecular complexity index is 405. The Morgan fingerprint density at radius 1 is 1.39 bits per heavy atom. The lowest BCUT2D eigenvalue weighted by Gasteiger charge is -2.32. The maximum Gasteiger partial charge on any atom is 0.0417 e. The highest BCUT2D eigenvalue weighted by Gasteiger charge is 2.30. The van der Waals surface area contributed by atoms with E-state index in [0.717, 1.165) is 11.0 Å². The van der Waals surface area contributed by atoms with Gasteiger partial charge >= 0.3 is 0 Å². The van der Waals surface area contributed by atoms with Crippen molar-refractivity contribution in [3.05, 3.63) is 28.2 Å². The molecule has 0 aliphatic carbocycles. The number of halogens is 1. The van der Waals surface area contributed by atoms with E-state index in [9.17, 15) is 0 Å². The zero-order chi connectivity index (χ0) is 13.1. The minimum absolute atomic E-state index is 0.659. The van der Waals surface area contributed by atoms with Crippen molar-refractivity contribution in [1.29, 1.82) is 0 Å². The topological polar surface area (TPSA) is 15.3 Å². The molecule has 1 aromatic rings. The minimum atomic E-state index is 0.659. The second-order valence-electron chi connectivity index (χ2n) is 5.20. The number of anilines is 1. The molecule has 1 N–H and O–H groups in total. The Morgan fingerprint density at radius 3 is 2.83 bits per heavy atom. The van der Waals surface area contributed by atoms with Crippen LogP contribution in [0.5, 0.6) is 0 Å². The molecule has 0 radical (unpaired) electrons. The van der Waals surface area contributed by atoms with Crippen molar-refractivity contribution >= 4 is 21.6 Å². The smallest absolute Gasteiger partial charge is 0.0417 e. The third-order valence-electron chi connectivity index (χ3n) is 3.94. The van der Waals surface area contributed by atoms with E-state index in [0.29, 0.717) is 12.1 Å². The Morgan fingerprint density at radius 2 is 2.17 bits per heavy atom. The van der Waals surface area contributed by atoms with Crippen molar-refractivity contribution in [2.24, 2.45) is 0 Å². The molecule has 0 bridgehead atoms. The fourth-order valence-electron chi connectivity index (χ4n) is 3.04. The molecule has 0 aromatic heterocycles. The lowest BCUT2D eigenvalue weighted by Crippen LogP contribution is -2.35. The number of rotatable bonds is 4. The highest BCUT2D eigenvalue weighted by Crippen LogP contribution is 2.35. The van der Waals surface area contributed by atoms with Crippen molar-refractivity contribution in [3.63, 3.8) is 0 Å². The summed E-state index contributed by atoms with van der Waals surface area (Å²) in [5.41, 5.74) is 2.79. The zero-order valence-corrected chi connectivity index (χ0v) is 13.1. The largest absolute Gasteiger partial charge is 0.366 e. The van der Waals surface area contributed by atoms with Gasteiger partial charge in [-0.15, -0.1) is 0 Å². The number of nitrogens with zero attached hydrogens (tertiary/aromatic N) is 1. The monoisotopic (exact) mass is 310 g/mol. The van der Waals surface area contributed by atoms with E-state index in [-0.39, 0.29) is 0 Å². The molecule has 100 valence electrons. The number of hydrogen-bond acceptors (Lipinski definition) is 2. The molecule has 1 aliphatic heterocycles. The summed E-state index contributed by atoms with van der Waals surface area (Å²) >= 11 is 3.58. The van der Waals surface area contributed by atoms with E-state index in [2.05, 4.69) is 58.2 Å². The molecular formula is C15H23BrN2. The fraction of sp³-hybridized carbons (Fsp3) is 0.600. The van der Waals surface area contributed by atoms with E-state index in [1.54, 1.807) is 0 Å². The Hall–Kier alpha value is -0.540. The summed E-state index contributed by atoms with van der Waals surface area (Å²) in [7, 11) is 2.01. The van der Waals surface area contributed by atoms with Gasteiger partial charge in [0.25, 0.3) is 0 Å². The van der Waals surface area contributed by atoms with Gasteiger partial charge in [-0.2, -0.15) is 0 Å². The molecule has 1 aromatic carbocycles. The summed E-state index contributed by atoms with van der Waals surface area (Å²) in [5, 5.41) is 3.28. The summed E-state index contributed by atoms with van der Waals surface area (Å²) < 4.78 is 1.16. The predicted octanol–water partition coefficient (Wildman–Crippen LogP) is 3.94. The number of nitrogens with one attached hydrogen (secondary N) is 1. The molecule has 2 nitrogen and oxygen atoms in total. The zero-order valence-electron chi connectivity index (χ0n) is 11.5. The predicted molar refractivity (Wildman–Crippen MR) is 82.2 cm³/mol. The van der Waals surface area contributed by atoms with Crippen LogP contribution >= 0.6 is 15.9 Å². The van der Waals surface area contributed by atoms with E-state index in [4.69, 9.17) is 0 Å². The van der Waals surface area contributed by atoms with Crippen molar-refractivity contribution in [1.82, 2.24) is 5.32 Å². The van der Waals surface area contributed by atoms with Crippen LogP contribution in [0.3, 0.4) is 0 Å². The first-order chi connectivity index (χ1) is 8.67. The van der Waals surface area contributed by atoms with Gasteiger partial charge in [-0.1, -0.05) is 22.9 Å². The molecule has 3 heteroatoms. The molecule has 1 saturated heterocycles. The van der Waals surface area contributed by atoms with Gasteiger partial charge in [-0.3, -0.25) is 0 Å². The Balaban J connectivity index is 2.36. The van der Waals surface area contributed by atoms with Gasteiger partial charge in [0.15, 0.2) is 0 Å². The molecule has 2 rings (SSSR count). The average Bonchev–Trinajstić information content (AvgIpc) is 2.71. The second-order valence-corrected chi connectivity index (χ2v) is 6.11. The SMILES string of the molecule is CCC1CCC(C)N1c1ccc(Br)cc1CNC. The number of benzene rings is 1.